The number of hydrogen-bond acceptors (Lipinski definition) is 4. The van der Waals surface area contributed by atoms with Crippen molar-refractivity contribution in [2.45, 2.75) is 20.8 Å². The number of nitrogens with zero attached hydrogens (tertiary/aromatic N) is 1. The molecule has 0 saturated carbocycles. The van der Waals surface area contributed by atoms with E-state index in [4.69, 9.17) is 4.74 Å². The summed E-state index contributed by atoms with van der Waals surface area (Å²) in [6.45, 7) is 5.52. The molecular formula is C18H20N2O3. The molecule has 0 bridgehead atoms. The summed E-state index contributed by atoms with van der Waals surface area (Å²) in [5.74, 6) is 0.442. The van der Waals surface area contributed by atoms with Gasteiger partial charge in [-0.2, -0.15) is 5.10 Å². The number of phenols is 1. The number of benzene rings is 2. The van der Waals surface area contributed by atoms with Gasteiger partial charge < -0.3 is 9.84 Å². The normalized spacial score (nSPS) is 11.2. The van der Waals surface area contributed by atoms with Gasteiger partial charge in [0.15, 0.2) is 6.61 Å². The molecule has 2 N–H and O–H groups in total. The van der Waals surface area contributed by atoms with Crippen molar-refractivity contribution < 1.29 is 14.6 Å². The fraction of sp³-hybridized carbons (Fsp3) is 0.222. The van der Waals surface area contributed by atoms with E-state index in [1.165, 1.54) is 0 Å². The van der Waals surface area contributed by atoms with Gasteiger partial charge in [-0.05, 0) is 50.1 Å². The van der Waals surface area contributed by atoms with Crippen molar-refractivity contribution in [1.29, 1.82) is 0 Å². The molecule has 0 aromatic heterocycles. The second-order valence-corrected chi connectivity index (χ2v) is 5.24. The van der Waals surface area contributed by atoms with Crippen LogP contribution in [-0.4, -0.2) is 23.3 Å². The Morgan fingerprint density at radius 3 is 2.65 bits per heavy atom. The summed E-state index contributed by atoms with van der Waals surface area (Å²) >= 11 is 0. The molecule has 5 nitrogen and oxygen atoms in total. The highest BCUT2D eigenvalue weighted by Gasteiger charge is 2.07. The van der Waals surface area contributed by atoms with Gasteiger partial charge >= 0.3 is 0 Å². The first-order chi connectivity index (χ1) is 11.0. The van der Waals surface area contributed by atoms with Crippen molar-refractivity contribution in [2.24, 2.45) is 5.10 Å². The van der Waals surface area contributed by atoms with Gasteiger partial charge in [0.2, 0.25) is 0 Å². The number of amides is 1. The van der Waals surface area contributed by atoms with E-state index in [-0.39, 0.29) is 18.3 Å². The van der Waals surface area contributed by atoms with Crippen LogP contribution in [0, 0.1) is 13.8 Å². The van der Waals surface area contributed by atoms with E-state index in [1.54, 1.807) is 31.2 Å². The molecular weight excluding hydrogens is 292 g/mol. The molecule has 23 heavy (non-hydrogen) atoms. The van der Waals surface area contributed by atoms with Crippen LogP contribution in [0.25, 0.3) is 0 Å². The van der Waals surface area contributed by atoms with Crippen LogP contribution in [-0.2, 0) is 4.79 Å². The molecule has 0 heterocycles. The Balaban J connectivity index is 1.94. The van der Waals surface area contributed by atoms with E-state index in [1.807, 2.05) is 32.0 Å². The fourth-order valence-electron chi connectivity index (χ4n) is 2.04. The number of ether oxygens (including phenoxy) is 1. The summed E-state index contributed by atoms with van der Waals surface area (Å²) in [6.07, 6.45) is 0. The summed E-state index contributed by atoms with van der Waals surface area (Å²) in [7, 11) is 0. The van der Waals surface area contributed by atoms with Crippen LogP contribution in [0.15, 0.2) is 47.6 Å². The minimum atomic E-state index is -0.360. The lowest BCUT2D eigenvalue weighted by Gasteiger charge is -2.10. The number of rotatable bonds is 5. The van der Waals surface area contributed by atoms with Crippen molar-refractivity contribution in [3.05, 3.63) is 59.2 Å². The maximum atomic E-state index is 11.8. The number of para-hydroxylation sites is 1. The van der Waals surface area contributed by atoms with Gasteiger partial charge in [-0.15, -0.1) is 0 Å². The maximum Gasteiger partial charge on any atom is 0.277 e. The molecule has 2 aromatic rings. The summed E-state index contributed by atoms with van der Waals surface area (Å²) < 4.78 is 5.51. The first-order valence-electron chi connectivity index (χ1n) is 7.29. The van der Waals surface area contributed by atoms with Crippen LogP contribution in [0.2, 0.25) is 0 Å². The Kier molecular flexibility index (Phi) is 5.36. The zero-order valence-corrected chi connectivity index (χ0v) is 13.5. The third-order valence-electron chi connectivity index (χ3n) is 3.56. The van der Waals surface area contributed by atoms with Gasteiger partial charge in [0.1, 0.15) is 11.5 Å². The van der Waals surface area contributed by atoms with Gasteiger partial charge in [-0.1, -0.05) is 24.3 Å². The Morgan fingerprint density at radius 2 is 1.91 bits per heavy atom. The van der Waals surface area contributed by atoms with Crippen molar-refractivity contribution in [1.82, 2.24) is 5.43 Å². The number of carbonyl (C=O) groups is 1. The highest BCUT2D eigenvalue weighted by molar-refractivity contribution is 6.01. The molecule has 0 spiro atoms. The van der Waals surface area contributed by atoms with Crippen LogP contribution < -0.4 is 10.2 Å². The van der Waals surface area contributed by atoms with Crippen LogP contribution >= 0.6 is 0 Å². The largest absolute Gasteiger partial charge is 0.507 e. The lowest BCUT2D eigenvalue weighted by atomic mass is 10.1. The van der Waals surface area contributed by atoms with E-state index in [2.05, 4.69) is 10.5 Å². The molecule has 0 saturated heterocycles. The standard InChI is InChI=1S/C18H20N2O3/c1-12-7-6-10-17(13(12)2)23-11-18(22)20-19-14(3)15-8-4-5-9-16(15)21/h4-10,21H,11H2,1-3H3,(H,20,22). The molecule has 0 radical (unpaired) electrons. The second kappa shape index (κ2) is 7.45. The molecule has 2 aromatic carbocycles. The SMILES string of the molecule is CC(=NNC(=O)COc1cccc(C)c1C)c1ccccc1O. The number of aryl methyl sites for hydroxylation is 1. The Hall–Kier alpha value is -2.82. The van der Waals surface area contributed by atoms with Gasteiger partial charge in [0.05, 0.1) is 5.71 Å². The van der Waals surface area contributed by atoms with E-state index >= 15 is 0 Å². The molecule has 0 aliphatic heterocycles. The fourth-order valence-corrected chi connectivity index (χ4v) is 2.04. The molecule has 0 atom stereocenters. The minimum Gasteiger partial charge on any atom is -0.507 e. The van der Waals surface area contributed by atoms with Gasteiger partial charge in [0, 0.05) is 5.56 Å². The lowest BCUT2D eigenvalue weighted by Crippen LogP contribution is -2.25. The molecule has 1 amide bonds. The van der Waals surface area contributed by atoms with E-state index in [0.29, 0.717) is 17.0 Å². The van der Waals surface area contributed by atoms with Crippen molar-refractivity contribution in [3.8, 4) is 11.5 Å². The second-order valence-electron chi connectivity index (χ2n) is 5.24. The molecule has 2 rings (SSSR count). The highest BCUT2D eigenvalue weighted by Crippen LogP contribution is 2.20. The molecule has 0 fully saturated rings. The molecule has 5 heteroatoms. The lowest BCUT2D eigenvalue weighted by molar-refractivity contribution is -0.123. The van der Waals surface area contributed by atoms with Gasteiger partial charge in [-0.3, -0.25) is 4.79 Å². The quantitative estimate of drug-likeness (QED) is 0.659. The zero-order chi connectivity index (χ0) is 16.8. The third-order valence-corrected chi connectivity index (χ3v) is 3.56. The summed E-state index contributed by atoms with van der Waals surface area (Å²) in [5, 5.41) is 13.7. The zero-order valence-electron chi connectivity index (χ0n) is 13.5. The average molecular weight is 312 g/mol. The number of aromatic hydroxyl groups is 1. The first-order valence-corrected chi connectivity index (χ1v) is 7.29. The number of carbonyl (C=O) groups excluding carboxylic acids is 1. The summed E-state index contributed by atoms with van der Waals surface area (Å²) in [6, 6.07) is 12.5. The summed E-state index contributed by atoms with van der Waals surface area (Å²) in [5.41, 5.74) is 5.63. The van der Waals surface area contributed by atoms with Crippen molar-refractivity contribution in [2.75, 3.05) is 6.61 Å². The number of hydrazone groups is 1. The number of hydrogen-bond donors (Lipinski definition) is 2. The van der Waals surface area contributed by atoms with E-state index in [0.717, 1.165) is 11.1 Å². The van der Waals surface area contributed by atoms with Crippen LogP contribution in [0.4, 0.5) is 0 Å². The predicted octanol–water partition coefficient (Wildman–Crippen LogP) is 2.93. The number of nitrogens with one attached hydrogen (secondary N) is 1. The monoisotopic (exact) mass is 312 g/mol. The topological polar surface area (TPSA) is 70.9 Å². The third kappa shape index (κ3) is 4.32. The first kappa shape index (κ1) is 16.5. The van der Waals surface area contributed by atoms with Crippen LogP contribution in [0.5, 0.6) is 11.5 Å². The average Bonchev–Trinajstić information content (AvgIpc) is 2.54. The summed E-state index contributed by atoms with van der Waals surface area (Å²) in [4.78, 5) is 11.8. The Bertz CT molecular complexity index is 739. The maximum absolute atomic E-state index is 11.8. The smallest absolute Gasteiger partial charge is 0.277 e. The van der Waals surface area contributed by atoms with Gasteiger partial charge in [0.25, 0.3) is 5.91 Å². The van der Waals surface area contributed by atoms with E-state index in [9.17, 15) is 9.90 Å². The Labute approximate surface area is 135 Å². The van der Waals surface area contributed by atoms with Crippen molar-refractivity contribution in [3.63, 3.8) is 0 Å². The number of phenolic OH excluding ortho intramolecular Hbond substituents is 1. The van der Waals surface area contributed by atoms with E-state index < -0.39 is 0 Å². The highest BCUT2D eigenvalue weighted by atomic mass is 16.5. The molecule has 0 aliphatic carbocycles. The Morgan fingerprint density at radius 1 is 1.17 bits per heavy atom. The predicted molar refractivity (Wildman–Crippen MR) is 89.9 cm³/mol. The minimum absolute atomic E-state index is 0.120. The van der Waals surface area contributed by atoms with Crippen LogP contribution in [0.1, 0.15) is 23.6 Å². The molecule has 120 valence electrons. The molecule has 0 unspecified atom stereocenters. The van der Waals surface area contributed by atoms with Gasteiger partial charge in [-0.25, -0.2) is 5.43 Å². The van der Waals surface area contributed by atoms with Crippen LogP contribution in [0.3, 0.4) is 0 Å². The van der Waals surface area contributed by atoms with Crippen molar-refractivity contribution >= 4 is 11.6 Å². The molecule has 0 aliphatic rings.